The maximum Gasteiger partial charge on any atom is 0.168 e. The summed E-state index contributed by atoms with van der Waals surface area (Å²) in [5, 5.41) is 0. The third kappa shape index (κ3) is 3.74. The molecule has 1 aromatic carbocycles. The Morgan fingerprint density at radius 3 is 2.21 bits per heavy atom. The van der Waals surface area contributed by atoms with Crippen LogP contribution in [0.5, 0.6) is 0 Å². The Morgan fingerprint density at radius 1 is 1.04 bits per heavy atom. The molecule has 0 saturated carbocycles. The molecule has 2 heterocycles. The summed E-state index contributed by atoms with van der Waals surface area (Å²) < 4.78 is 2.50. The highest BCUT2D eigenvalue weighted by molar-refractivity contribution is 5.68. The molecule has 2 heteroatoms. The van der Waals surface area contributed by atoms with Crippen molar-refractivity contribution in [1.29, 1.82) is 0 Å². The molecule has 0 N–H and O–H groups in total. The van der Waals surface area contributed by atoms with Gasteiger partial charge in [-0.3, -0.25) is 0 Å². The van der Waals surface area contributed by atoms with Crippen LogP contribution < -0.4 is 0 Å². The molecule has 24 heavy (non-hydrogen) atoms. The van der Waals surface area contributed by atoms with Gasteiger partial charge in [0.1, 0.15) is 0 Å². The number of rotatable bonds is 3. The molecule has 130 valence electrons. The van der Waals surface area contributed by atoms with E-state index in [1.807, 2.05) is 0 Å². The Labute approximate surface area is 147 Å². The second kappa shape index (κ2) is 6.38. The highest BCUT2D eigenvalue weighted by Crippen LogP contribution is 2.29. The van der Waals surface area contributed by atoms with E-state index >= 15 is 0 Å². The van der Waals surface area contributed by atoms with Crippen molar-refractivity contribution in [3.8, 4) is 0 Å². The molecule has 0 spiro atoms. The van der Waals surface area contributed by atoms with E-state index in [4.69, 9.17) is 0 Å². The van der Waals surface area contributed by atoms with E-state index in [2.05, 4.69) is 80.7 Å². The molecule has 0 unspecified atom stereocenters. The zero-order chi connectivity index (χ0) is 17.4. The highest BCUT2D eigenvalue weighted by atomic mass is 15.2. The van der Waals surface area contributed by atoms with Gasteiger partial charge in [-0.1, -0.05) is 45.0 Å². The lowest BCUT2D eigenvalue weighted by atomic mass is 9.86. The van der Waals surface area contributed by atoms with E-state index in [1.165, 1.54) is 42.8 Å². The predicted octanol–water partition coefficient (Wildman–Crippen LogP) is 4.73. The third-order valence-corrected chi connectivity index (χ3v) is 5.52. The minimum Gasteiger partial charge on any atom is -0.374 e. The van der Waals surface area contributed by atoms with Gasteiger partial charge >= 0.3 is 0 Å². The summed E-state index contributed by atoms with van der Waals surface area (Å²) >= 11 is 0. The molecule has 2 aliphatic heterocycles. The Bertz CT molecular complexity index is 636. The maximum atomic E-state index is 2.58. The molecule has 1 saturated heterocycles. The summed E-state index contributed by atoms with van der Waals surface area (Å²) in [5.41, 5.74) is 4.73. The average Bonchev–Trinajstić information content (AvgIpc) is 3.03. The Kier molecular flexibility index (Phi) is 4.59. The quantitative estimate of drug-likeness (QED) is 0.728. The standard InChI is InChI=1S/C22H33N2/c1-21(2,3)19-10-8-18(9-11-19)17-24-15-12-20(16-22(24,4)5)23-13-6-7-14-23/h8-12,15H,6-7,13-14,16-17H2,1-5H3/q+1. The van der Waals surface area contributed by atoms with Crippen LogP contribution in [0, 0.1) is 0 Å². The Hall–Kier alpha value is -1.57. The van der Waals surface area contributed by atoms with Crippen molar-refractivity contribution < 1.29 is 4.58 Å². The van der Waals surface area contributed by atoms with Crippen molar-refractivity contribution in [1.82, 2.24) is 4.90 Å². The molecular formula is C22H33N2+. The lowest BCUT2D eigenvalue weighted by Gasteiger charge is -2.31. The zero-order valence-electron chi connectivity index (χ0n) is 16.1. The van der Waals surface area contributed by atoms with Crippen molar-refractivity contribution >= 4 is 6.21 Å². The van der Waals surface area contributed by atoms with E-state index in [1.54, 1.807) is 0 Å². The van der Waals surface area contributed by atoms with Gasteiger partial charge in [-0.2, -0.15) is 0 Å². The predicted molar refractivity (Wildman–Crippen MR) is 103 cm³/mol. The van der Waals surface area contributed by atoms with Crippen LogP contribution in [0.4, 0.5) is 0 Å². The second-order valence-electron chi connectivity index (χ2n) is 9.07. The van der Waals surface area contributed by atoms with Gasteiger partial charge in [-0.25, -0.2) is 4.58 Å². The number of likely N-dealkylation sites (tertiary alicyclic amines) is 1. The average molecular weight is 326 g/mol. The van der Waals surface area contributed by atoms with Gasteiger partial charge in [0.25, 0.3) is 0 Å². The van der Waals surface area contributed by atoms with Crippen molar-refractivity contribution in [2.24, 2.45) is 0 Å². The SMILES string of the molecule is CC(C)(C)c1ccc(C[N+]2=CC=C(N3CCCC3)CC2(C)C)cc1. The Balaban J connectivity index is 1.76. The zero-order valence-corrected chi connectivity index (χ0v) is 16.1. The number of hydrogen-bond acceptors (Lipinski definition) is 1. The summed E-state index contributed by atoms with van der Waals surface area (Å²) in [6, 6.07) is 9.17. The van der Waals surface area contributed by atoms with Crippen LogP contribution in [0.1, 0.15) is 65.0 Å². The van der Waals surface area contributed by atoms with Gasteiger partial charge in [-0.15, -0.1) is 0 Å². The number of nitrogens with zero attached hydrogens (tertiary/aromatic N) is 2. The van der Waals surface area contributed by atoms with Gasteiger partial charge < -0.3 is 4.90 Å². The van der Waals surface area contributed by atoms with Gasteiger partial charge in [0.15, 0.2) is 18.3 Å². The largest absolute Gasteiger partial charge is 0.374 e. The normalized spacial score (nSPS) is 20.8. The van der Waals surface area contributed by atoms with Gasteiger partial charge in [0.2, 0.25) is 0 Å². The first-order chi connectivity index (χ1) is 11.3. The molecule has 2 aliphatic rings. The fourth-order valence-electron chi connectivity index (χ4n) is 3.78. The molecule has 0 bridgehead atoms. The maximum absolute atomic E-state index is 2.58. The molecule has 0 aliphatic carbocycles. The number of allylic oxidation sites excluding steroid dienone is 1. The molecule has 0 atom stereocenters. The summed E-state index contributed by atoms with van der Waals surface area (Å²) in [4.78, 5) is 2.58. The molecule has 1 aromatic rings. The minimum atomic E-state index is 0.176. The van der Waals surface area contributed by atoms with Crippen LogP contribution in [0.2, 0.25) is 0 Å². The van der Waals surface area contributed by atoms with Crippen molar-refractivity contribution in [3.05, 3.63) is 47.2 Å². The summed E-state index contributed by atoms with van der Waals surface area (Å²) in [5.74, 6) is 0. The highest BCUT2D eigenvalue weighted by Gasteiger charge is 2.35. The van der Waals surface area contributed by atoms with E-state index in [0.29, 0.717) is 0 Å². The van der Waals surface area contributed by atoms with Gasteiger partial charge in [0.05, 0.1) is 6.42 Å². The molecular weight excluding hydrogens is 292 g/mol. The monoisotopic (exact) mass is 325 g/mol. The van der Waals surface area contributed by atoms with Gasteiger partial charge in [-0.05, 0) is 23.8 Å². The molecule has 1 fully saturated rings. The fraction of sp³-hybridized carbons (Fsp3) is 0.591. The lowest BCUT2D eigenvalue weighted by molar-refractivity contribution is -0.612. The molecule has 0 amide bonds. The van der Waals surface area contributed by atoms with Crippen LogP contribution >= 0.6 is 0 Å². The topological polar surface area (TPSA) is 6.25 Å². The van der Waals surface area contributed by atoms with Crippen molar-refractivity contribution in [3.63, 3.8) is 0 Å². The molecule has 0 radical (unpaired) electrons. The smallest absolute Gasteiger partial charge is 0.168 e. The van der Waals surface area contributed by atoms with E-state index < -0.39 is 0 Å². The Morgan fingerprint density at radius 2 is 1.67 bits per heavy atom. The molecule has 3 rings (SSSR count). The van der Waals surface area contributed by atoms with Crippen molar-refractivity contribution in [2.75, 3.05) is 13.1 Å². The fourth-order valence-corrected chi connectivity index (χ4v) is 3.78. The van der Waals surface area contributed by atoms with Crippen LogP contribution in [0.15, 0.2) is 36.0 Å². The van der Waals surface area contributed by atoms with E-state index in [9.17, 15) is 0 Å². The summed E-state index contributed by atoms with van der Waals surface area (Å²) in [7, 11) is 0. The summed E-state index contributed by atoms with van der Waals surface area (Å²) in [6.07, 6.45) is 8.50. The molecule has 0 aromatic heterocycles. The van der Waals surface area contributed by atoms with E-state index in [0.717, 1.165) is 13.0 Å². The third-order valence-electron chi connectivity index (χ3n) is 5.52. The first-order valence-corrected chi connectivity index (χ1v) is 9.41. The lowest BCUT2D eigenvalue weighted by Crippen LogP contribution is -2.41. The van der Waals surface area contributed by atoms with Crippen LogP contribution in [-0.2, 0) is 12.0 Å². The second-order valence-corrected chi connectivity index (χ2v) is 9.07. The van der Waals surface area contributed by atoms with Crippen LogP contribution in [0.25, 0.3) is 0 Å². The minimum absolute atomic E-state index is 0.176. The van der Waals surface area contributed by atoms with Crippen LogP contribution in [-0.4, -0.2) is 34.3 Å². The summed E-state index contributed by atoms with van der Waals surface area (Å²) in [6.45, 7) is 15.0. The van der Waals surface area contributed by atoms with E-state index in [-0.39, 0.29) is 11.0 Å². The molecule has 2 nitrogen and oxygen atoms in total. The number of benzene rings is 1. The van der Waals surface area contributed by atoms with Crippen molar-refractivity contribution in [2.45, 2.75) is 71.4 Å². The number of hydrogen-bond donors (Lipinski definition) is 0. The first kappa shape index (κ1) is 17.3. The first-order valence-electron chi connectivity index (χ1n) is 9.41. The van der Waals surface area contributed by atoms with Crippen LogP contribution in [0.3, 0.4) is 0 Å². The van der Waals surface area contributed by atoms with Gasteiger partial charge in [0, 0.05) is 44.3 Å².